The van der Waals surface area contributed by atoms with Gasteiger partial charge in [0.2, 0.25) is 11.8 Å². The molecule has 3 aromatic rings. The number of aromatic nitrogens is 3. The van der Waals surface area contributed by atoms with Crippen LogP contribution in [0.5, 0.6) is 11.5 Å². The van der Waals surface area contributed by atoms with Crippen molar-refractivity contribution in [3.05, 3.63) is 59.2 Å². The first-order chi connectivity index (χ1) is 13.2. The molecular weight excluding hydrogens is 363 g/mol. The first-order valence-corrected chi connectivity index (χ1v) is 8.46. The number of aryl methyl sites for hydroxylation is 2. The van der Waals surface area contributed by atoms with E-state index in [-0.39, 0.29) is 29.1 Å². The van der Waals surface area contributed by atoms with E-state index in [1.165, 1.54) is 24.3 Å². The van der Waals surface area contributed by atoms with Crippen LogP contribution >= 0.6 is 0 Å². The standard InChI is InChI=1S/C20H19FN4O3/c1-11-9-13(10-12(2)16(11)26)17-22-18(24-20(23-17)25(3)4)19(27)28-15-7-5-14(21)6-8-15/h5-10,26H,1-4H3. The van der Waals surface area contributed by atoms with Gasteiger partial charge in [0.15, 0.2) is 5.82 Å². The highest BCUT2D eigenvalue weighted by Crippen LogP contribution is 2.28. The van der Waals surface area contributed by atoms with E-state index in [1.807, 2.05) is 0 Å². The van der Waals surface area contributed by atoms with Crippen LogP contribution in [0.2, 0.25) is 0 Å². The number of benzene rings is 2. The van der Waals surface area contributed by atoms with Crippen molar-refractivity contribution in [2.45, 2.75) is 13.8 Å². The summed E-state index contributed by atoms with van der Waals surface area (Å²) in [7, 11) is 3.48. The molecule has 0 aliphatic heterocycles. The first kappa shape index (κ1) is 19.2. The smallest absolute Gasteiger partial charge is 0.381 e. The molecule has 0 fully saturated rings. The van der Waals surface area contributed by atoms with Crippen LogP contribution in [-0.4, -0.2) is 40.1 Å². The van der Waals surface area contributed by atoms with E-state index in [0.29, 0.717) is 16.7 Å². The van der Waals surface area contributed by atoms with Crippen molar-refractivity contribution in [3.8, 4) is 22.9 Å². The molecular formula is C20H19FN4O3. The number of aromatic hydroxyl groups is 1. The molecule has 0 saturated heterocycles. The van der Waals surface area contributed by atoms with E-state index in [1.54, 1.807) is 45.0 Å². The summed E-state index contributed by atoms with van der Waals surface area (Å²) in [5, 5.41) is 9.98. The molecule has 0 aliphatic rings. The van der Waals surface area contributed by atoms with Crippen molar-refractivity contribution in [3.63, 3.8) is 0 Å². The fraction of sp³-hybridized carbons (Fsp3) is 0.200. The van der Waals surface area contributed by atoms with Crippen molar-refractivity contribution < 1.29 is 19.0 Å². The Kier molecular flexibility index (Phi) is 5.21. The Morgan fingerprint density at radius 2 is 1.64 bits per heavy atom. The Bertz CT molecular complexity index is 1010. The van der Waals surface area contributed by atoms with Crippen LogP contribution in [0, 0.1) is 19.7 Å². The lowest BCUT2D eigenvalue weighted by molar-refractivity contribution is 0.0721. The van der Waals surface area contributed by atoms with E-state index < -0.39 is 11.8 Å². The molecule has 0 aliphatic carbocycles. The second-order valence-electron chi connectivity index (χ2n) is 6.48. The number of halogens is 1. The van der Waals surface area contributed by atoms with Gasteiger partial charge in [-0.05, 0) is 61.4 Å². The van der Waals surface area contributed by atoms with Crippen molar-refractivity contribution in [1.29, 1.82) is 0 Å². The summed E-state index contributed by atoms with van der Waals surface area (Å²) in [6, 6.07) is 8.52. The second-order valence-corrected chi connectivity index (χ2v) is 6.48. The number of hydrogen-bond donors (Lipinski definition) is 1. The lowest BCUT2D eigenvalue weighted by atomic mass is 10.1. The van der Waals surface area contributed by atoms with E-state index >= 15 is 0 Å². The molecule has 28 heavy (non-hydrogen) atoms. The Balaban J connectivity index is 2.02. The molecule has 0 unspecified atom stereocenters. The average molecular weight is 382 g/mol. The molecule has 1 aromatic heterocycles. The summed E-state index contributed by atoms with van der Waals surface area (Å²) >= 11 is 0. The van der Waals surface area contributed by atoms with Gasteiger partial charge in [0, 0.05) is 19.7 Å². The van der Waals surface area contributed by atoms with Gasteiger partial charge in [0.25, 0.3) is 0 Å². The number of carbonyl (C=O) groups excluding carboxylic acids is 1. The number of rotatable bonds is 4. The normalized spacial score (nSPS) is 10.6. The van der Waals surface area contributed by atoms with Crippen molar-refractivity contribution >= 4 is 11.9 Å². The van der Waals surface area contributed by atoms with E-state index in [9.17, 15) is 14.3 Å². The van der Waals surface area contributed by atoms with Crippen molar-refractivity contribution in [1.82, 2.24) is 15.0 Å². The first-order valence-electron chi connectivity index (χ1n) is 8.46. The molecule has 3 rings (SSSR count). The number of ether oxygens (including phenoxy) is 1. The van der Waals surface area contributed by atoms with Crippen LogP contribution in [0.15, 0.2) is 36.4 Å². The molecule has 0 spiro atoms. The van der Waals surface area contributed by atoms with Crippen molar-refractivity contribution in [2.75, 3.05) is 19.0 Å². The van der Waals surface area contributed by atoms with Crippen LogP contribution in [0.3, 0.4) is 0 Å². The lowest BCUT2D eigenvalue weighted by Gasteiger charge is -2.13. The summed E-state index contributed by atoms with van der Waals surface area (Å²) in [4.78, 5) is 26.9. The number of esters is 1. The lowest BCUT2D eigenvalue weighted by Crippen LogP contribution is -2.19. The molecule has 0 bridgehead atoms. The van der Waals surface area contributed by atoms with Crippen LogP contribution in [0.4, 0.5) is 10.3 Å². The largest absolute Gasteiger partial charge is 0.507 e. The van der Waals surface area contributed by atoms with Gasteiger partial charge in [-0.1, -0.05) is 0 Å². The summed E-state index contributed by atoms with van der Waals surface area (Å²) in [6.45, 7) is 3.53. The quantitative estimate of drug-likeness (QED) is 0.547. The van der Waals surface area contributed by atoms with Gasteiger partial charge < -0.3 is 14.7 Å². The predicted molar refractivity (Wildman–Crippen MR) is 102 cm³/mol. The third kappa shape index (κ3) is 4.06. The topological polar surface area (TPSA) is 88.4 Å². The Morgan fingerprint density at radius 1 is 1.04 bits per heavy atom. The Hall–Kier alpha value is -3.55. The summed E-state index contributed by atoms with van der Waals surface area (Å²) in [5.74, 6) is -0.477. The minimum Gasteiger partial charge on any atom is -0.507 e. The minimum absolute atomic E-state index is 0.177. The number of nitrogens with zero attached hydrogens (tertiary/aromatic N) is 4. The zero-order chi connectivity index (χ0) is 20.4. The molecule has 144 valence electrons. The van der Waals surface area contributed by atoms with E-state index in [4.69, 9.17) is 4.74 Å². The highest BCUT2D eigenvalue weighted by Gasteiger charge is 2.19. The highest BCUT2D eigenvalue weighted by molar-refractivity contribution is 5.88. The van der Waals surface area contributed by atoms with E-state index in [2.05, 4.69) is 15.0 Å². The zero-order valence-electron chi connectivity index (χ0n) is 15.9. The second kappa shape index (κ2) is 7.59. The van der Waals surface area contributed by atoms with Gasteiger partial charge in [-0.2, -0.15) is 9.97 Å². The third-order valence-electron chi connectivity index (χ3n) is 3.98. The average Bonchev–Trinajstić information content (AvgIpc) is 2.67. The van der Waals surface area contributed by atoms with Crippen molar-refractivity contribution in [2.24, 2.45) is 0 Å². The van der Waals surface area contributed by atoms with Crippen LogP contribution in [0.1, 0.15) is 21.7 Å². The monoisotopic (exact) mass is 382 g/mol. The molecule has 0 radical (unpaired) electrons. The van der Waals surface area contributed by atoms with Gasteiger partial charge in [-0.3, -0.25) is 0 Å². The maximum absolute atomic E-state index is 13.0. The summed E-state index contributed by atoms with van der Waals surface area (Å²) in [6.07, 6.45) is 0. The molecule has 1 N–H and O–H groups in total. The van der Waals surface area contributed by atoms with Crippen LogP contribution in [-0.2, 0) is 0 Å². The van der Waals surface area contributed by atoms with Crippen LogP contribution in [0.25, 0.3) is 11.4 Å². The zero-order valence-corrected chi connectivity index (χ0v) is 15.9. The number of hydrogen-bond acceptors (Lipinski definition) is 7. The van der Waals surface area contributed by atoms with Crippen LogP contribution < -0.4 is 9.64 Å². The number of anilines is 1. The molecule has 0 atom stereocenters. The SMILES string of the molecule is Cc1cc(-c2nc(C(=O)Oc3ccc(F)cc3)nc(N(C)C)n2)cc(C)c1O. The number of phenols is 1. The van der Waals surface area contributed by atoms with Gasteiger partial charge in [-0.15, -0.1) is 0 Å². The number of phenolic OH excluding ortho intramolecular Hbond substituents is 1. The molecule has 7 nitrogen and oxygen atoms in total. The summed E-state index contributed by atoms with van der Waals surface area (Å²) < 4.78 is 18.3. The van der Waals surface area contributed by atoms with Gasteiger partial charge in [0.1, 0.15) is 17.3 Å². The number of carbonyl (C=O) groups is 1. The maximum Gasteiger partial charge on any atom is 0.381 e. The van der Waals surface area contributed by atoms with E-state index in [0.717, 1.165) is 0 Å². The molecule has 0 amide bonds. The van der Waals surface area contributed by atoms with Gasteiger partial charge in [0.05, 0.1) is 0 Å². The predicted octanol–water partition coefficient (Wildman–Crippen LogP) is 3.29. The maximum atomic E-state index is 13.0. The van der Waals surface area contributed by atoms with Gasteiger partial charge >= 0.3 is 5.97 Å². The fourth-order valence-electron chi connectivity index (χ4n) is 2.53. The minimum atomic E-state index is -0.786. The highest BCUT2D eigenvalue weighted by atomic mass is 19.1. The summed E-state index contributed by atoms with van der Waals surface area (Å²) in [5.41, 5.74) is 1.96. The third-order valence-corrected chi connectivity index (χ3v) is 3.98. The van der Waals surface area contributed by atoms with Gasteiger partial charge in [-0.25, -0.2) is 14.2 Å². The molecule has 0 saturated carbocycles. The molecule has 1 heterocycles. The fourth-order valence-corrected chi connectivity index (χ4v) is 2.53. The Morgan fingerprint density at radius 3 is 2.21 bits per heavy atom. The Labute approximate surface area is 161 Å². The molecule has 8 heteroatoms. The molecule has 2 aromatic carbocycles.